The van der Waals surface area contributed by atoms with E-state index in [1.807, 2.05) is 13.8 Å². The Kier molecular flexibility index (Phi) is 5.46. The fourth-order valence-corrected chi connectivity index (χ4v) is 2.15. The van der Waals surface area contributed by atoms with Crippen LogP contribution in [0.4, 0.5) is 19.1 Å². The number of nitrogens with zero attached hydrogens (tertiary/aromatic N) is 3. The summed E-state index contributed by atoms with van der Waals surface area (Å²) in [5, 5.41) is 30.0. The Hall–Kier alpha value is -2.42. The van der Waals surface area contributed by atoms with Crippen LogP contribution in [0, 0.1) is 0 Å². The average molecular weight is 356 g/mol. The van der Waals surface area contributed by atoms with E-state index in [0.29, 0.717) is 11.8 Å². The standard InChI is InChI=1S/C16H19F3N4O2/c1-8(2)13-14(22-23-15(21-13)20-7-9(3)24)11-5-4-10(6-12(11)25)16(17,18)19/h4-6,8-9,24-25H,7H2,1-3H3,(H,20,21,23)/t9-/m1/s1. The normalized spacial score (nSPS) is 13.1. The first-order valence-electron chi connectivity index (χ1n) is 7.66. The van der Waals surface area contributed by atoms with Gasteiger partial charge >= 0.3 is 6.18 Å². The minimum absolute atomic E-state index is 0.112. The number of rotatable bonds is 5. The maximum absolute atomic E-state index is 12.7. The molecule has 0 spiro atoms. The molecule has 9 heteroatoms. The number of benzene rings is 1. The molecule has 0 radical (unpaired) electrons. The maximum atomic E-state index is 12.7. The van der Waals surface area contributed by atoms with Crippen molar-refractivity contribution in [2.24, 2.45) is 0 Å². The molecule has 2 rings (SSSR count). The summed E-state index contributed by atoms with van der Waals surface area (Å²) in [7, 11) is 0. The van der Waals surface area contributed by atoms with Gasteiger partial charge < -0.3 is 15.5 Å². The summed E-state index contributed by atoms with van der Waals surface area (Å²) in [6, 6.07) is 2.68. The number of hydrogen-bond acceptors (Lipinski definition) is 6. The summed E-state index contributed by atoms with van der Waals surface area (Å²) in [6.07, 6.45) is -5.15. The van der Waals surface area contributed by atoms with Gasteiger partial charge in [-0.15, -0.1) is 10.2 Å². The van der Waals surface area contributed by atoms with Crippen molar-refractivity contribution in [3.63, 3.8) is 0 Å². The van der Waals surface area contributed by atoms with Gasteiger partial charge in [0.15, 0.2) is 0 Å². The van der Waals surface area contributed by atoms with Crippen LogP contribution >= 0.6 is 0 Å². The van der Waals surface area contributed by atoms with Gasteiger partial charge in [-0.1, -0.05) is 13.8 Å². The van der Waals surface area contributed by atoms with Crippen LogP contribution in [-0.4, -0.2) is 38.0 Å². The van der Waals surface area contributed by atoms with Gasteiger partial charge in [0.1, 0.15) is 11.4 Å². The van der Waals surface area contributed by atoms with Gasteiger partial charge in [0.25, 0.3) is 0 Å². The average Bonchev–Trinajstić information content (AvgIpc) is 2.51. The highest BCUT2D eigenvalue weighted by atomic mass is 19.4. The second-order valence-electron chi connectivity index (χ2n) is 5.98. The molecule has 0 saturated heterocycles. The molecule has 136 valence electrons. The topological polar surface area (TPSA) is 91.2 Å². The first-order valence-corrected chi connectivity index (χ1v) is 7.66. The molecule has 25 heavy (non-hydrogen) atoms. The number of phenolic OH excluding ortho intramolecular Hbond substituents is 1. The minimum atomic E-state index is -4.55. The molecule has 0 bridgehead atoms. The number of aromatic nitrogens is 3. The van der Waals surface area contributed by atoms with Gasteiger partial charge in [-0.2, -0.15) is 13.2 Å². The molecular weight excluding hydrogens is 337 g/mol. The molecule has 1 aromatic heterocycles. The van der Waals surface area contributed by atoms with Gasteiger partial charge in [-0.25, -0.2) is 4.98 Å². The molecule has 0 unspecified atom stereocenters. The predicted molar refractivity (Wildman–Crippen MR) is 86.2 cm³/mol. The highest BCUT2D eigenvalue weighted by Crippen LogP contribution is 2.37. The van der Waals surface area contributed by atoms with Crippen LogP contribution in [0.3, 0.4) is 0 Å². The SMILES string of the molecule is CC(C)c1nc(NC[C@@H](C)O)nnc1-c1ccc(C(F)(F)F)cc1O. The van der Waals surface area contributed by atoms with Crippen molar-refractivity contribution in [3.05, 3.63) is 29.5 Å². The van der Waals surface area contributed by atoms with E-state index in [2.05, 4.69) is 20.5 Å². The Bertz CT molecular complexity index is 749. The van der Waals surface area contributed by atoms with Crippen LogP contribution in [0.2, 0.25) is 0 Å². The zero-order valence-corrected chi connectivity index (χ0v) is 14.0. The molecule has 1 aromatic carbocycles. The zero-order valence-electron chi connectivity index (χ0n) is 14.0. The molecule has 0 fully saturated rings. The molecule has 0 aliphatic carbocycles. The summed E-state index contributed by atoms with van der Waals surface area (Å²) < 4.78 is 38.2. The molecule has 0 saturated carbocycles. The van der Waals surface area contributed by atoms with Crippen molar-refractivity contribution in [3.8, 4) is 17.0 Å². The van der Waals surface area contributed by atoms with Crippen molar-refractivity contribution in [1.29, 1.82) is 0 Å². The van der Waals surface area contributed by atoms with E-state index in [1.54, 1.807) is 6.92 Å². The number of nitrogens with one attached hydrogen (secondary N) is 1. The van der Waals surface area contributed by atoms with Crippen molar-refractivity contribution in [2.75, 3.05) is 11.9 Å². The second kappa shape index (κ2) is 7.22. The third kappa shape index (κ3) is 4.56. The van der Waals surface area contributed by atoms with Gasteiger partial charge in [-0.3, -0.25) is 0 Å². The Labute approximate surface area is 142 Å². The Morgan fingerprint density at radius 3 is 2.36 bits per heavy atom. The summed E-state index contributed by atoms with van der Waals surface area (Å²) in [4.78, 5) is 4.30. The number of phenols is 1. The lowest BCUT2D eigenvalue weighted by molar-refractivity contribution is -0.137. The molecule has 0 aliphatic rings. The number of hydrogen-bond donors (Lipinski definition) is 3. The quantitative estimate of drug-likeness (QED) is 0.762. The monoisotopic (exact) mass is 356 g/mol. The van der Waals surface area contributed by atoms with Crippen LogP contribution in [0.1, 0.15) is 37.9 Å². The van der Waals surface area contributed by atoms with Gasteiger partial charge in [-0.05, 0) is 31.0 Å². The predicted octanol–water partition coefficient (Wildman–Crippen LogP) is 3.18. The Morgan fingerprint density at radius 1 is 1.16 bits per heavy atom. The third-order valence-electron chi connectivity index (χ3n) is 3.40. The van der Waals surface area contributed by atoms with E-state index >= 15 is 0 Å². The molecular formula is C16H19F3N4O2. The first kappa shape index (κ1) is 18.9. The van der Waals surface area contributed by atoms with Crippen LogP contribution in [0.15, 0.2) is 18.2 Å². The van der Waals surface area contributed by atoms with Crippen LogP contribution in [-0.2, 0) is 6.18 Å². The Balaban J connectivity index is 2.44. The van der Waals surface area contributed by atoms with E-state index in [-0.39, 0.29) is 29.7 Å². The van der Waals surface area contributed by atoms with Crippen LogP contribution in [0.25, 0.3) is 11.3 Å². The molecule has 0 amide bonds. The van der Waals surface area contributed by atoms with Crippen LogP contribution < -0.4 is 5.32 Å². The van der Waals surface area contributed by atoms with Crippen molar-refractivity contribution in [2.45, 2.75) is 39.0 Å². The lowest BCUT2D eigenvalue weighted by atomic mass is 10.0. The largest absolute Gasteiger partial charge is 0.507 e. The summed E-state index contributed by atoms with van der Waals surface area (Å²) in [5.41, 5.74) is -0.142. The van der Waals surface area contributed by atoms with Crippen LogP contribution in [0.5, 0.6) is 5.75 Å². The molecule has 6 nitrogen and oxygen atoms in total. The molecule has 2 aromatic rings. The summed E-state index contributed by atoms with van der Waals surface area (Å²) >= 11 is 0. The minimum Gasteiger partial charge on any atom is -0.507 e. The number of alkyl halides is 3. The summed E-state index contributed by atoms with van der Waals surface area (Å²) in [6.45, 7) is 5.50. The number of halogens is 3. The smallest absolute Gasteiger partial charge is 0.416 e. The van der Waals surface area contributed by atoms with Crippen molar-refractivity contribution in [1.82, 2.24) is 15.2 Å². The van der Waals surface area contributed by atoms with E-state index in [9.17, 15) is 23.4 Å². The van der Waals surface area contributed by atoms with Gasteiger partial charge in [0, 0.05) is 12.1 Å². The fraction of sp³-hybridized carbons (Fsp3) is 0.438. The van der Waals surface area contributed by atoms with Crippen molar-refractivity contribution >= 4 is 5.95 Å². The van der Waals surface area contributed by atoms with Gasteiger partial charge in [0.05, 0.1) is 17.4 Å². The number of aliphatic hydroxyl groups is 1. The van der Waals surface area contributed by atoms with E-state index < -0.39 is 23.6 Å². The maximum Gasteiger partial charge on any atom is 0.416 e. The lowest BCUT2D eigenvalue weighted by Gasteiger charge is -2.15. The van der Waals surface area contributed by atoms with E-state index in [0.717, 1.165) is 12.1 Å². The second-order valence-corrected chi connectivity index (χ2v) is 5.98. The molecule has 0 aliphatic heterocycles. The van der Waals surface area contributed by atoms with E-state index in [1.165, 1.54) is 0 Å². The van der Waals surface area contributed by atoms with E-state index in [4.69, 9.17) is 0 Å². The lowest BCUT2D eigenvalue weighted by Crippen LogP contribution is -2.18. The highest BCUT2D eigenvalue weighted by Gasteiger charge is 2.31. The highest BCUT2D eigenvalue weighted by molar-refractivity contribution is 5.69. The summed E-state index contributed by atoms with van der Waals surface area (Å²) in [5.74, 6) is -0.462. The number of aromatic hydroxyl groups is 1. The molecule has 1 heterocycles. The first-order chi connectivity index (χ1) is 11.6. The Morgan fingerprint density at radius 2 is 1.84 bits per heavy atom. The molecule has 3 N–H and O–H groups in total. The van der Waals surface area contributed by atoms with Crippen molar-refractivity contribution < 1.29 is 23.4 Å². The van der Waals surface area contributed by atoms with Gasteiger partial charge in [0.2, 0.25) is 5.95 Å². The fourth-order valence-electron chi connectivity index (χ4n) is 2.15. The molecule has 1 atom stereocenters. The third-order valence-corrected chi connectivity index (χ3v) is 3.40. The number of aliphatic hydroxyl groups excluding tert-OH is 1. The zero-order chi connectivity index (χ0) is 18.8. The number of anilines is 1.